The molecule has 1 spiro atoms. The Labute approximate surface area is 136 Å². The van der Waals surface area contributed by atoms with Crippen LogP contribution in [0, 0.1) is 11.8 Å². The van der Waals surface area contributed by atoms with Crippen molar-refractivity contribution >= 4 is 33.5 Å². The average molecular weight is 364 g/mol. The second kappa shape index (κ2) is 4.67. The number of anilines is 1. The van der Waals surface area contributed by atoms with E-state index in [9.17, 15) is 9.59 Å². The van der Waals surface area contributed by atoms with Gasteiger partial charge in [0.25, 0.3) is 0 Å². The van der Waals surface area contributed by atoms with Crippen molar-refractivity contribution in [2.45, 2.75) is 11.7 Å². The summed E-state index contributed by atoms with van der Waals surface area (Å²) >= 11 is 3.48. The molecule has 1 aromatic rings. The Morgan fingerprint density at radius 1 is 1.45 bits per heavy atom. The van der Waals surface area contributed by atoms with Gasteiger partial charge in [-0.25, -0.2) is 0 Å². The van der Waals surface area contributed by atoms with Crippen molar-refractivity contribution in [1.82, 2.24) is 0 Å². The first-order valence-electron chi connectivity index (χ1n) is 7.08. The van der Waals surface area contributed by atoms with Crippen molar-refractivity contribution in [2.24, 2.45) is 11.8 Å². The smallest absolute Gasteiger partial charge is 0.312 e. The van der Waals surface area contributed by atoms with E-state index in [0.29, 0.717) is 6.54 Å². The zero-order valence-corrected chi connectivity index (χ0v) is 13.4. The predicted molar refractivity (Wildman–Crippen MR) is 82.2 cm³/mol. The molecule has 0 radical (unpaired) electrons. The van der Waals surface area contributed by atoms with E-state index in [2.05, 4.69) is 15.9 Å². The fraction of sp³-hybridized carbons (Fsp3) is 0.375. The number of carbonyl (C=O) groups is 2. The van der Waals surface area contributed by atoms with E-state index in [0.717, 1.165) is 10.2 Å². The van der Waals surface area contributed by atoms with Gasteiger partial charge in [0.2, 0.25) is 5.91 Å². The topological polar surface area (TPSA) is 55.8 Å². The number of methoxy groups -OCH3 is 1. The summed E-state index contributed by atoms with van der Waals surface area (Å²) < 4.78 is 11.7. The minimum Gasteiger partial charge on any atom is -0.469 e. The normalized spacial score (nSPS) is 35.1. The Kier molecular flexibility index (Phi) is 2.96. The lowest BCUT2D eigenvalue weighted by atomic mass is 9.77. The van der Waals surface area contributed by atoms with Gasteiger partial charge in [-0.3, -0.25) is 9.59 Å². The first-order valence-corrected chi connectivity index (χ1v) is 7.87. The maximum Gasteiger partial charge on any atom is 0.312 e. The summed E-state index contributed by atoms with van der Waals surface area (Å²) in [7, 11) is 1.34. The van der Waals surface area contributed by atoms with Crippen LogP contribution in [0.15, 0.2) is 40.9 Å². The number of rotatable bonds is 2. The molecule has 4 rings (SSSR count). The van der Waals surface area contributed by atoms with Crippen molar-refractivity contribution in [3.8, 4) is 0 Å². The summed E-state index contributed by atoms with van der Waals surface area (Å²) in [6.45, 7) is 0.416. The molecule has 0 N–H and O–H groups in total. The van der Waals surface area contributed by atoms with Crippen molar-refractivity contribution in [1.29, 1.82) is 0 Å². The number of nitrogens with zero attached hydrogens (tertiary/aromatic N) is 1. The first-order chi connectivity index (χ1) is 10.6. The standard InChI is InChI=1S/C16H14BrNO4/c1-21-15(20)12-11-6-7-16(22-11)8-18(14(19)13(12)16)10-5-3-2-4-9(10)17/h2-7,11-13H,8H2,1H3/t11-,12-,13+,16+/m1/s1. The summed E-state index contributed by atoms with van der Waals surface area (Å²) in [5.74, 6) is -1.55. The molecular formula is C16H14BrNO4. The van der Waals surface area contributed by atoms with Crippen LogP contribution in [0.5, 0.6) is 0 Å². The zero-order valence-electron chi connectivity index (χ0n) is 11.9. The maximum absolute atomic E-state index is 12.9. The third-order valence-corrected chi connectivity index (χ3v) is 5.39. The van der Waals surface area contributed by atoms with Gasteiger partial charge < -0.3 is 14.4 Å². The van der Waals surface area contributed by atoms with Crippen LogP contribution in [0.25, 0.3) is 0 Å². The zero-order chi connectivity index (χ0) is 15.5. The largest absolute Gasteiger partial charge is 0.469 e. The molecule has 2 fully saturated rings. The highest BCUT2D eigenvalue weighted by Gasteiger charge is 2.67. The second-order valence-electron chi connectivity index (χ2n) is 5.80. The van der Waals surface area contributed by atoms with E-state index in [1.807, 2.05) is 36.4 Å². The Hall–Kier alpha value is -1.66. The molecule has 0 saturated carbocycles. The van der Waals surface area contributed by atoms with E-state index in [1.165, 1.54) is 7.11 Å². The number of para-hydroxylation sites is 1. The number of carbonyl (C=O) groups excluding carboxylic acids is 2. The lowest BCUT2D eigenvalue weighted by Crippen LogP contribution is -2.39. The highest BCUT2D eigenvalue weighted by atomic mass is 79.9. The Morgan fingerprint density at radius 3 is 2.95 bits per heavy atom. The van der Waals surface area contributed by atoms with Crippen LogP contribution in [-0.2, 0) is 19.1 Å². The van der Waals surface area contributed by atoms with Crippen molar-refractivity contribution < 1.29 is 19.1 Å². The van der Waals surface area contributed by atoms with Gasteiger partial charge in [-0.15, -0.1) is 0 Å². The molecule has 3 aliphatic rings. The van der Waals surface area contributed by atoms with E-state index >= 15 is 0 Å². The molecule has 0 aromatic heterocycles. The van der Waals surface area contributed by atoms with Gasteiger partial charge in [-0.1, -0.05) is 24.3 Å². The molecule has 3 aliphatic heterocycles. The number of hydrogen-bond acceptors (Lipinski definition) is 4. The number of halogens is 1. The number of fused-ring (bicyclic) bond motifs is 1. The van der Waals surface area contributed by atoms with Gasteiger partial charge >= 0.3 is 5.97 Å². The summed E-state index contributed by atoms with van der Waals surface area (Å²) in [5, 5.41) is 0. The van der Waals surface area contributed by atoms with Crippen LogP contribution in [0.2, 0.25) is 0 Å². The Bertz CT molecular complexity index is 703. The highest BCUT2D eigenvalue weighted by Crippen LogP contribution is 2.53. The third-order valence-electron chi connectivity index (χ3n) is 4.72. The molecule has 6 heteroatoms. The van der Waals surface area contributed by atoms with Crippen LogP contribution < -0.4 is 4.90 Å². The lowest BCUT2D eigenvalue weighted by Gasteiger charge is -2.22. The SMILES string of the molecule is COC(=O)[C@H]1[C@H]2C(=O)N(c3ccccc3Br)C[C@@]23C=C[C@H]1O3. The van der Waals surface area contributed by atoms with Crippen molar-refractivity contribution in [3.05, 3.63) is 40.9 Å². The monoisotopic (exact) mass is 363 g/mol. The van der Waals surface area contributed by atoms with Gasteiger partial charge in [-0.05, 0) is 28.1 Å². The molecule has 1 aromatic carbocycles. The second-order valence-corrected chi connectivity index (χ2v) is 6.65. The molecule has 3 heterocycles. The van der Waals surface area contributed by atoms with Gasteiger partial charge in [0.15, 0.2) is 0 Å². The lowest BCUT2D eigenvalue weighted by molar-refractivity contribution is -0.149. The molecule has 114 valence electrons. The minimum absolute atomic E-state index is 0.0887. The van der Waals surface area contributed by atoms with Crippen molar-refractivity contribution in [3.63, 3.8) is 0 Å². The minimum atomic E-state index is -0.712. The van der Waals surface area contributed by atoms with E-state index in [4.69, 9.17) is 9.47 Å². The van der Waals surface area contributed by atoms with Gasteiger partial charge in [0, 0.05) is 4.47 Å². The molecule has 5 nitrogen and oxygen atoms in total. The molecule has 0 unspecified atom stereocenters. The van der Waals surface area contributed by atoms with Crippen LogP contribution >= 0.6 is 15.9 Å². The number of benzene rings is 1. The predicted octanol–water partition coefficient (Wildman–Crippen LogP) is 1.91. The van der Waals surface area contributed by atoms with Crippen LogP contribution in [0.3, 0.4) is 0 Å². The number of ether oxygens (including phenoxy) is 2. The number of amides is 1. The Balaban J connectivity index is 1.75. The fourth-order valence-electron chi connectivity index (χ4n) is 3.78. The maximum atomic E-state index is 12.9. The summed E-state index contributed by atoms with van der Waals surface area (Å²) in [4.78, 5) is 26.7. The van der Waals surface area contributed by atoms with Gasteiger partial charge in [0.1, 0.15) is 11.5 Å². The highest BCUT2D eigenvalue weighted by molar-refractivity contribution is 9.10. The van der Waals surface area contributed by atoms with Crippen LogP contribution in [-0.4, -0.2) is 37.2 Å². The van der Waals surface area contributed by atoms with Crippen LogP contribution in [0.1, 0.15) is 0 Å². The van der Waals surface area contributed by atoms with Crippen LogP contribution in [0.4, 0.5) is 5.69 Å². The quantitative estimate of drug-likeness (QED) is 0.594. The average Bonchev–Trinajstić information content (AvgIpc) is 3.15. The number of hydrogen-bond donors (Lipinski definition) is 0. The summed E-state index contributed by atoms with van der Waals surface area (Å²) in [6, 6.07) is 7.54. The summed E-state index contributed by atoms with van der Waals surface area (Å²) in [5.41, 5.74) is 0.0796. The van der Waals surface area contributed by atoms with Crippen molar-refractivity contribution in [2.75, 3.05) is 18.6 Å². The van der Waals surface area contributed by atoms with E-state index in [-0.39, 0.29) is 18.0 Å². The molecule has 22 heavy (non-hydrogen) atoms. The summed E-state index contributed by atoms with van der Waals surface area (Å²) in [6.07, 6.45) is 3.44. The molecule has 2 saturated heterocycles. The number of esters is 1. The van der Waals surface area contributed by atoms with E-state index < -0.39 is 17.4 Å². The molecule has 1 amide bonds. The van der Waals surface area contributed by atoms with Gasteiger partial charge in [-0.2, -0.15) is 0 Å². The fourth-order valence-corrected chi connectivity index (χ4v) is 4.28. The first kappa shape index (κ1) is 14.0. The molecule has 0 aliphatic carbocycles. The van der Waals surface area contributed by atoms with Gasteiger partial charge in [0.05, 0.1) is 31.4 Å². The molecule has 2 bridgehead atoms. The van der Waals surface area contributed by atoms with E-state index in [1.54, 1.807) is 4.90 Å². The molecule has 4 atom stereocenters. The molecular weight excluding hydrogens is 350 g/mol. The third kappa shape index (κ3) is 1.68. The Morgan fingerprint density at radius 2 is 2.23 bits per heavy atom.